The van der Waals surface area contributed by atoms with Gasteiger partial charge in [0.2, 0.25) is 5.90 Å². The van der Waals surface area contributed by atoms with Gasteiger partial charge in [0.25, 0.3) is 0 Å². The molecule has 0 aliphatic carbocycles. The molecule has 0 bridgehead atoms. The summed E-state index contributed by atoms with van der Waals surface area (Å²) in [7, 11) is 0. The molecule has 31 heavy (non-hydrogen) atoms. The molecule has 0 saturated carbocycles. The summed E-state index contributed by atoms with van der Waals surface area (Å²) in [5.41, 5.74) is 3.03. The van der Waals surface area contributed by atoms with Gasteiger partial charge in [0.1, 0.15) is 5.75 Å². The SMILES string of the molecule is Cc1cc(C2=N/C(=C\c3ccc(OC(=O)c4ccccc4Cl)cc3)C(=O)O2)ccc1I. The third-order valence-electron chi connectivity index (χ3n) is 4.51. The maximum atomic E-state index is 12.3. The largest absolute Gasteiger partial charge is 0.423 e. The molecule has 7 heteroatoms. The molecular weight excluding hydrogens is 529 g/mol. The Morgan fingerprint density at radius 1 is 1.10 bits per heavy atom. The van der Waals surface area contributed by atoms with E-state index in [-0.39, 0.29) is 17.2 Å². The van der Waals surface area contributed by atoms with Crippen LogP contribution in [0.15, 0.2) is 77.4 Å². The Morgan fingerprint density at radius 3 is 2.55 bits per heavy atom. The molecule has 154 valence electrons. The van der Waals surface area contributed by atoms with E-state index in [1.54, 1.807) is 54.6 Å². The molecule has 0 radical (unpaired) electrons. The van der Waals surface area contributed by atoms with Crippen molar-refractivity contribution in [3.63, 3.8) is 0 Å². The van der Waals surface area contributed by atoms with E-state index in [4.69, 9.17) is 21.1 Å². The normalized spacial score (nSPS) is 14.4. The van der Waals surface area contributed by atoms with Gasteiger partial charge in [-0.1, -0.05) is 35.9 Å². The standard InChI is InChI=1S/C24H15ClINO4/c1-14-12-16(8-11-20(14)26)22-27-21(24(29)31-22)13-15-6-9-17(10-7-15)30-23(28)18-4-2-3-5-19(18)25/h2-13H,1H3/b21-13-. The number of ether oxygens (including phenoxy) is 2. The fourth-order valence-electron chi connectivity index (χ4n) is 2.89. The Balaban J connectivity index is 1.50. The minimum Gasteiger partial charge on any atom is -0.423 e. The van der Waals surface area contributed by atoms with Crippen molar-refractivity contribution in [1.82, 2.24) is 0 Å². The molecule has 4 rings (SSSR count). The van der Waals surface area contributed by atoms with Crippen molar-refractivity contribution in [3.05, 3.63) is 103 Å². The number of nitrogens with zero attached hydrogens (tertiary/aromatic N) is 1. The Bertz CT molecular complexity index is 1250. The first kappa shape index (κ1) is 21.3. The van der Waals surface area contributed by atoms with Gasteiger partial charge in [0.05, 0.1) is 10.6 Å². The van der Waals surface area contributed by atoms with Crippen LogP contribution in [0.4, 0.5) is 0 Å². The first-order valence-corrected chi connectivity index (χ1v) is 10.7. The highest BCUT2D eigenvalue weighted by Crippen LogP contribution is 2.23. The molecule has 0 N–H and O–H groups in total. The van der Waals surface area contributed by atoms with Crippen molar-refractivity contribution in [2.45, 2.75) is 6.92 Å². The van der Waals surface area contributed by atoms with Gasteiger partial charge >= 0.3 is 11.9 Å². The van der Waals surface area contributed by atoms with Crippen LogP contribution in [-0.4, -0.2) is 17.8 Å². The highest BCUT2D eigenvalue weighted by atomic mass is 127. The van der Waals surface area contributed by atoms with Crippen LogP contribution in [0, 0.1) is 10.5 Å². The molecule has 1 heterocycles. The van der Waals surface area contributed by atoms with E-state index in [9.17, 15) is 9.59 Å². The van der Waals surface area contributed by atoms with Crippen molar-refractivity contribution in [1.29, 1.82) is 0 Å². The third kappa shape index (κ3) is 4.86. The lowest BCUT2D eigenvalue weighted by atomic mass is 10.1. The molecule has 1 aliphatic rings. The summed E-state index contributed by atoms with van der Waals surface area (Å²) in [5, 5.41) is 0.325. The van der Waals surface area contributed by atoms with Crippen molar-refractivity contribution in [2.75, 3.05) is 0 Å². The topological polar surface area (TPSA) is 65.0 Å². The fourth-order valence-corrected chi connectivity index (χ4v) is 3.44. The molecule has 0 saturated heterocycles. The van der Waals surface area contributed by atoms with Crippen molar-refractivity contribution in [2.24, 2.45) is 4.99 Å². The summed E-state index contributed by atoms with van der Waals surface area (Å²) in [6.07, 6.45) is 1.62. The second kappa shape index (κ2) is 9.03. The van der Waals surface area contributed by atoms with Crippen LogP contribution >= 0.6 is 34.2 Å². The number of esters is 2. The lowest BCUT2D eigenvalue weighted by Gasteiger charge is -2.06. The number of carbonyl (C=O) groups is 2. The monoisotopic (exact) mass is 543 g/mol. The van der Waals surface area contributed by atoms with Crippen molar-refractivity contribution >= 4 is 58.1 Å². The predicted octanol–water partition coefficient (Wildman–Crippen LogP) is 5.82. The highest BCUT2D eigenvalue weighted by Gasteiger charge is 2.24. The molecule has 0 aromatic heterocycles. The molecule has 0 atom stereocenters. The Labute approximate surface area is 197 Å². The molecule has 1 aliphatic heterocycles. The predicted molar refractivity (Wildman–Crippen MR) is 127 cm³/mol. The molecule has 5 nitrogen and oxygen atoms in total. The molecule has 0 amide bonds. The molecular formula is C24H15ClINO4. The number of hydrogen-bond donors (Lipinski definition) is 0. The second-order valence-electron chi connectivity index (χ2n) is 6.74. The van der Waals surface area contributed by atoms with Gasteiger partial charge in [-0.3, -0.25) is 0 Å². The summed E-state index contributed by atoms with van der Waals surface area (Å²) >= 11 is 8.27. The van der Waals surface area contributed by atoms with E-state index in [1.807, 2.05) is 25.1 Å². The summed E-state index contributed by atoms with van der Waals surface area (Å²) in [4.78, 5) is 28.8. The average molecular weight is 544 g/mol. The van der Waals surface area contributed by atoms with E-state index in [2.05, 4.69) is 27.6 Å². The van der Waals surface area contributed by atoms with Crippen molar-refractivity contribution < 1.29 is 19.1 Å². The van der Waals surface area contributed by atoms with Crippen LogP contribution in [-0.2, 0) is 9.53 Å². The first-order chi connectivity index (χ1) is 14.9. The Hall–Kier alpha value is -2.97. The summed E-state index contributed by atoms with van der Waals surface area (Å²) in [6.45, 7) is 1.99. The zero-order chi connectivity index (χ0) is 22.0. The minimum atomic E-state index is -0.543. The molecule has 3 aromatic carbocycles. The Kier molecular flexibility index (Phi) is 6.20. The van der Waals surface area contributed by atoms with Crippen LogP contribution in [0.1, 0.15) is 27.0 Å². The number of hydrogen-bond acceptors (Lipinski definition) is 5. The highest BCUT2D eigenvalue weighted by molar-refractivity contribution is 14.1. The lowest BCUT2D eigenvalue weighted by molar-refractivity contribution is -0.129. The fraction of sp³-hybridized carbons (Fsp3) is 0.0417. The summed E-state index contributed by atoms with van der Waals surface area (Å²) in [6, 6.07) is 19.1. The smallest absolute Gasteiger partial charge is 0.363 e. The number of aliphatic imine (C=N–C) groups is 1. The second-order valence-corrected chi connectivity index (χ2v) is 8.31. The van der Waals surface area contributed by atoms with E-state index in [0.717, 1.165) is 14.7 Å². The lowest BCUT2D eigenvalue weighted by Crippen LogP contribution is -2.08. The Morgan fingerprint density at radius 2 is 1.84 bits per heavy atom. The molecule has 0 spiro atoms. The molecule has 3 aromatic rings. The quantitative estimate of drug-likeness (QED) is 0.180. The van der Waals surface area contributed by atoms with Gasteiger partial charge < -0.3 is 9.47 Å². The maximum absolute atomic E-state index is 12.3. The van der Waals surface area contributed by atoms with Gasteiger partial charge in [0.15, 0.2) is 5.70 Å². The number of benzene rings is 3. The summed E-state index contributed by atoms with van der Waals surface area (Å²) < 4.78 is 11.8. The van der Waals surface area contributed by atoms with Crippen LogP contribution in [0.5, 0.6) is 5.75 Å². The third-order valence-corrected chi connectivity index (χ3v) is 6.05. The van der Waals surface area contributed by atoms with Crippen LogP contribution in [0.25, 0.3) is 6.08 Å². The maximum Gasteiger partial charge on any atom is 0.363 e. The van der Waals surface area contributed by atoms with E-state index < -0.39 is 11.9 Å². The van der Waals surface area contributed by atoms with Gasteiger partial charge in [-0.05, 0) is 89.2 Å². The van der Waals surface area contributed by atoms with Gasteiger partial charge in [-0.15, -0.1) is 0 Å². The molecule has 0 fully saturated rings. The van der Waals surface area contributed by atoms with E-state index >= 15 is 0 Å². The number of halogens is 2. The zero-order valence-electron chi connectivity index (χ0n) is 16.3. The van der Waals surface area contributed by atoms with Crippen LogP contribution in [0.2, 0.25) is 5.02 Å². The van der Waals surface area contributed by atoms with Crippen LogP contribution < -0.4 is 4.74 Å². The number of aryl methyl sites for hydroxylation is 1. The van der Waals surface area contributed by atoms with Crippen LogP contribution in [0.3, 0.4) is 0 Å². The van der Waals surface area contributed by atoms with Gasteiger partial charge in [-0.25, -0.2) is 14.6 Å². The van der Waals surface area contributed by atoms with Gasteiger partial charge in [-0.2, -0.15) is 0 Å². The van der Waals surface area contributed by atoms with E-state index in [1.165, 1.54) is 0 Å². The molecule has 0 unspecified atom stereocenters. The van der Waals surface area contributed by atoms with Gasteiger partial charge in [0, 0.05) is 9.13 Å². The van der Waals surface area contributed by atoms with Crippen molar-refractivity contribution in [3.8, 4) is 5.75 Å². The average Bonchev–Trinajstić information content (AvgIpc) is 3.12. The summed E-state index contributed by atoms with van der Waals surface area (Å²) in [5.74, 6) is -0.417. The number of rotatable bonds is 4. The zero-order valence-corrected chi connectivity index (χ0v) is 19.2. The van der Waals surface area contributed by atoms with E-state index in [0.29, 0.717) is 16.3 Å². The number of carbonyl (C=O) groups excluding carboxylic acids is 2. The number of cyclic esters (lactones) is 1. The minimum absolute atomic E-state index is 0.201. The first-order valence-electron chi connectivity index (χ1n) is 9.26.